The maximum Gasteiger partial charge on any atom is 0.243 e. The Kier molecular flexibility index (Phi) is 5.85. The van der Waals surface area contributed by atoms with Gasteiger partial charge in [-0.25, -0.2) is 0 Å². The Labute approximate surface area is 155 Å². The summed E-state index contributed by atoms with van der Waals surface area (Å²) in [5.74, 6) is 0.425. The van der Waals surface area contributed by atoms with Gasteiger partial charge in [0, 0.05) is 12.6 Å². The number of allylic oxidation sites excluding steroid dienone is 3. The van der Waals surface area contributed by atoms with Crippen molar-refractivity contribution in [2.45, 2.75) is 20.3 Å². The van der Waals surface area contributed by atoms with E-state index in [9.17, 15) is 4.79 Å². The predicted octanol–water partition coefficient (Wildman–Crippen LogP) is 5.42. The molecule has 0 aliphatic rings. The molecule has 0 aliphatic heterocycles. The Morgan fingerprint density at radius 1 is 0.962 bits per heavy atom. The van der Waals surface area contributed by atoms with Gasteiger partial charge in [0.2, 0.25) is 5.91 Å². The molecule has 3 aromatic carbocycles. The first-order valence-electron chi connectivity index (χ1n) is 9.15. The van der Waals surface area contributed by atoms with Crippen LogP contribution < -0.4 is 5.32 Å². The second kappa shape index (κ2) is 8.48. The van der Waals surface area contributed by atoms with Gasteiger partial charge in [-0.3, -0.25) is 4.79 Å². The van der Waals surface area contributed by atoms with E-state index in [4.69, 9.17) is 0 Å². The predicted molar refractivity (Wildman–Crippen MR) is 111 cm³/mol. The van der Waals surface area contributed by atoms with E-state index < -0.39 is 0 Å². The SMILES string of the molecule is CC(C)CNC(=O)/C=C/C=C/Cc1ccc2c(ccc3ccccc32)c1. The first-order valence-corrected chi connectivity index (χ1v) is 9.15. The average molecular weight is 343 g/mol. The summed E-state index contributed by atoms with van der Waals surface area (Å²) in [6.07, 6.45) is 8.23. The van der Waals surface area contributed by atoms with Crippen LogP contribution in [0, 0.1) is 5.92 Å². The van der Waals surface area contributed by atoms with Gasteiger partial charge < -0.3 is 5.32 Å². The summed E-state index contributed by atoms with van der Waals surface area (Å²) in [4.78, 5) is 11.6. The van der Waals surface area contributed by atoms with E-state index in [-0.39, 0.29) is 5.91 Å². The number of fused-ring (bicyclic) bond motifs is 3. The number of hydrogen-bond donors (Lipinski definition) is 1. The standard InChI is InChI=1S/C24H25NO/c1-18(2)17-25-24(26)11-5-3-4-8-19-12-15-23-21(16-19)14-13-20-9-6-7-10-22(20)23/h3-7,9-16,18H,8,17H2,1-2H3,(H,25,26)/b4-3+,11-5+. The summed E-state index contributed by atoms with van der Waals surface area (Å²) in [7, 11) is 0. The highest BCUT2D eigenvalue weighted by Gasteiger charge is 2.01. The van der Waals surface area contributed by atoms with Crippen LogP contribution in [0.5, 0.6) is 0 Å². The minimum absolute atomic E-state index is 0.0408. The van der Waals surface area contributed by atoms with Crippen LogP contribution in [0.4, 0.5) is 0 Å². The van der Waals surface area contributed by atoms with E-state index in [0.717, 1.165) is 6.42 Å². The van der Waals surface area contributed by atoms with Crippen molar-refractivity contribution in [2.75, 3.05) is 6.54 Å². The monoisotopic (exact) mass is 343 g/mol. The Hall–Kier alpha value is -2.87. The molecule has 3 aromatic rings. The largest absolute Gasteiger partial charge is 0.352 e. The molecule has 0 unspecified atom stereocenters. The summed E-state index contributed by atoms with van der Waals surface area (Å²) < 4.78 is 0. The van der Waals surface area contributed by atoms with Gasteiger partial charge in [0.1, 0.15) is 0 Å². The number of nitrogens with one attached hydrogen (secondary N) is 1. The third-order valence-electron chi connectivity index (χ3n) is 4.34. The fraction of sp³-hybridized carbons (Fsp3) is 0.208. The van der Waals surface area contributed by atoms with Crippen molar-refractivity contribution in [3.8, 4) is 0 Å². The van der Waals surface area contributed by atoms with Crippen molar-refractivity contribution < 1.29 is 4.79 Å². The second-order valence-electron chi connectivity index (χ2n) is 6.97. The lowest BCUT2D eigenvalue weighted by Crippen LogP contribution is -2.25. The molecule has 0 aromatic heterocycles. The first kappa shape index (κ1) is 17.9. The van der Waals surface area contributed by atoms with Crippen molar-refractivity contribution in [3.63, 3.8) is 0 Å². The second-order valence-corrected chi connectivity index (χ2v) is 6.97. The van der Waals surface area contributed by atoms with Gasteiger partial charge in [0.05, 0.1) is 0 Å². The summed E-state index contributed by atoms with van der Waals surface area (Å²) in [5, 5.41) is 7.98. The molecule has 0 heterocycles. The Morgan fingerprint density at radius 3 is 2.58 bits per heavy atom. The Morgan fingerprint density at radius 2 is 1.73 bits per heavy atom. The third-order valence-corrected chi connectivity index (χ3v) is 4.34. The summed E-state index contributed by atoms with van der Waals surface area (Å²) in [5.41, 5.74) is 1.27. The molecule has 2 heteroatoms. The van der Waals surface area contributed by atoms with Gasteiger partial charge in [-0.1, -0.05) is 86.7 Å². The van der Waals surface area contributed by atoms with Gasteiger partial charge in [0.15, 0.2) is 0 Å². The van der Waals surface area contributed by atoms with Crippen LogP contribution in [0.2, 0.25) is 0 Å². The lowest BCUT2D eigenvalue weighted by molar-refractivity contribution is -0.116. The zero-order valence-electron chi connectivity index (χ0n) is 15.4. The highest BCUT2D eigenvalue weighted by molar-refractivity contribution is 6.07. The molecule has 0 bridgehead atoms. The fourth-order valence-electron chi connectivity index (χ4n) is 2.98. The van der Waals surface area contributed by atoms with E-state index in [2.05, 4.69) is 79.8 Å². The zero-order chi connectivity index (χ0) is 18.4. The molecule has 0 saturated carbocycles. The van der Waals surface area contributed by atoms with Gasteiger partial charge in [-0.05, 0) is 39.4 Å². The number of amides is 1. The molecule has 0 saturated heterocycles. The highest BCUT2D eigenvalue weighted by atomic mass is 16.1. The smallest absolute Gasteiger partial charge is 0.243 e. The lowest BCUT2D eigenvalue weighted by Gasteiger charge is -2.05. The molecular formula is C24H25NO. The molecule has 0 atom stereocenters. The van der Waals surface area contributed by atoms with Gasteiger partial charge in [-0.15, -0.1) is 0 Å². The molecular weight excluding hydrogens is 318 g/mol. The van der Waals surface area contributed by atoms with Crippen molar-refractivity contribution in [2.24, 2.45) is 5.92 Å². The number of rotatable bonds is 6. The van der Waals surface area contributed by atoms with E-state index in [1.807, 2.05) is 6.08 Å². The van der Waals surface area contributed by atoms with Crippen molar-refractivity contribution in [1.82, 2.24) is 5.32 Å². The maximum absolute atomic E-state index is 11.6. The molecule has 0 radical (unpaired) electrons. The minimum atomic E-state index is -0.0408. The van der Waals surface area contributed by atoms with Crippen LogP contribution >= 0.6 is 0 Å². The summed E-state index contributed by atoms with van der Waals surface area (Å²) in [6.45, 7) is 4.87. The van der Waals surface area contributed by atoms with E-state index in [1.165, 1.54) is 27.1 Å². The molecule has 1 N–H and O–H groups in total. The molecule has 0 spiro atoms. The van der Waals surface area contributed by atoms with Crippen LogP contribution in [0.1, 0.15) is 19.4 Å². The average Bonchev–Trinajstić information content (AvgIpc) is 2.65. The normalized spacial score (nSPS) is 12.0. The van der Waals surface area contributed by atoms with Crippen LogP contribution in [0.3, 0.4) is 0 Å². The first-order chi connectivity index (χ1) is 12.6. The van der Waals surface area contributed by atoms with E-state index in [0.29, 0.717) is 12.5 Å². The van der Waals surface area contributed by atoms with Crippen LogP contribution in [0.25, 0.3) is 21.5 Å². The number of carbonyl (C=O) groups is 1. The maximum atomic E-state index is 11.6. The van der Waals surface area contributed by atoms with Gasteiger partial charge in [0.25, 0.3) is 0 Å². The molecule has 2 nitrogen and oxygen atoms in total. The van der Waals surface area contributed by atoms with Crippen molar-refractivity contribution in [1.29, 1.82) is 0 Å². The molecule has 0 aliphatic carbocycles. The third kappa shape index (κ3) is 4.60. The van der Waals surface area contributed by atoms with Crippen molar-refractivity contribution in [3.05, 3.63) is 84.5 Å². The molecule has 26 heavy (non-hydrogen) atoms. The minimum Gasteiger partial charge on any atom is -0.352 e. The van der Waals surface area contributed by atoms with Crippen LogP contribution in [-0.2, 0) is 11.2 Å². The molecule has 0 fully saturated rings. The van der Waals surface area contributed by atoms with E-state index in [1.54, 1.807) is 12.2 Å². The lowest BCUT2D eigenvalue weighted by atomic mass is 9.99. The quantitative estimate of drug-likeness (QED) is 0.361. The summed E-state index contributed by atoms with van der Waals surface area (Å²) >= 11 is 0. The number of hydrogen-bond acceptors (Lipinski definition) is 1. The Bertz CT molecular complexity index is 966. The summed E-state index contributed by atoms with van der Waals surface area (Å²) in [6, 6.07) is 19.5. The highest BCUT2D eigenvalue weighted by Crippen LogP contribution is 2.26. The molecule has 1 amide bonds. The van der Waals surface area contributed by atoms with Gasteiger partial charge in [-0.2, -0.15) is 0 Å². The zero-order valence-corrected chi connectivity index (χ0v) is 15.4. The fourth-order valence-corrected chi connectivity index (χ4v) is 2.98. The van der Waals surface area contributed by atoms with E-state index >= 15 is 0 Å². The van der Waals surface area contributed by atoms with Gasteiger partial charge >= 0.3 is 0 Å². The molecule has 132 valence electrons. The van der Waals surface area contributed by atoms with Crippen LogP contribution in [-0.4, -0.2) is 12.5 Å². The van der Waals surface area contributed by atoms with Crippen molar-refractivity contribution >= 4 is 27.5 Å². The Balaban J connectivity index is 1.64. The number of benzene rings is 3. The molecule has 3 rings (SSSR count). The topological polar surface area (TPSA) is 29.1 Å². The van der Waals surface area contributed by atoms with Crippen LogP contribution in [0.15, 0.2) is 78.9 Å². The number of carbonyl (C=O) groups excluding carboxylic acids is 1.